The molecule has 0 fully saturated rings. The van der Waals surface area contributed by atoms with Crippen molar-refractivity contribution in [3.8, 4) is 11.8 Å². The molecule has 0 N–H and O–H groups in total. The molecule has 0 amide bonds. The molecule has 0 unspecified atom stereocenters. The van der Waals surface area contributed by atoms with Gasteiger partial charge in [-0.25, -0.2) is 4.98 Å². The summed E-state index contributed by atoms with van der Waals surface area (Å²) < 4.78 is 52.0. The van der Waals surface area contributed by atoms with E-state index in [0.717, 1.165) is 31.9 Å². The summed E-state index contributed by atoms with van der Waals surface area (Å²) in [6.07, 6.45) is 0.472. The van der Waals surface area contributed by atoms with Crippen molar-refractivity contribution >= 4 is 11.5 Å². The SMILES string of the molecule is CCCCCCOc1cccc(N(C)c2nc(OC(C)(C)C)ncc2C(F)(F)F)c1. The van der Waals surface area contributed by atoms with E-state index in [2.05, 4.69) is 16.9 Å². The molecule has 1 aromatic heterocycles. The van der Waals surface area contributed by atoms with Crippen LogP contribution in [-0.2, 0) is 6.18 Å². The minimum absolute atomic E-state index is 0.110. The number of unbranched alkanes of at least 4 members (excludes halogenated alkanes) is 3. The number of hydrogen-bond donors (Lipinski definition) is 0. The fourth-order valence-electron chi connectivity index (χ4n) is 2.76. The van der Waals surface area contributed by atoms with Crippen molar-refractivity contribution in [1.82, 2.24) is 9.97 Å². The van der Waals surface area contributed by atoms with E-state index in [-0.39, 0.29) is 11.8 Å². The van der Waals surface area contributed by atoms with E-state index in [9.17, 15) is 13.2 Å². The minimum Gasteiger partial charge on any atom is -0.494 e. The Kier molecular flexibility index (Phi) is 7.92. The molecule has 1 heterocycles. The van der Waals surface area contributed by atoms with Crippen molar-refractivity contribution < 1.29 is 22.6 Å². The molecule has 1 aromatic carbocycles. The van der Waals surface area contributed by atoms with E-state index in [4.69, 9.17) is 9.47 Å². The summed E-state index contributed by atoms with van der Waals surface area (Å²) in [4.78, 5) is 9.17. The van der Waals surface area contributed by atoms with Crippen molar-refractivity contribution in [3.05, 3.63) is 36.0 Å². The molecule has 0 aliphatic heterocycles. The molecule has 5 nitrogen and oxygen atoms in total. The lowest BCUT2D eigenvalue weighted by molar-refractivity contribution is -0.137. The summed E-state index contributed by atoms with van der Waals surface area (Å²) >= 11 is 0. The zero-order valence-electron chi connectivity index (χ0n) is 18.2. The summed E-state index contributed by atoms with van der Waals surface area (Å²) in [6, 6.07) is 6.83. The second-order valence-corrected chi connectivity index (χ2v) is 8.07. The molecular formula is C22H30F3N3O2. The number of rotatable bonds is 9. The zero-order chi connectivity index (χ0) is 22.4. The molecule has 2 aromatic rings. The second-order valence-electron chi connectivity index (χ2n) is 8.07. The van der Waals surface area contributed by atoms with Crippen LogP contribution >= 0.6 is 0 Å². The Balaban J connectivity index is 2.28. The van der Waals surface area contributed by atoms with Crippen LogP contribution < -0.4 is 14.4 Å². The van der Waals surface area contributed by atoms with E-state index in [1.807, 2.05) is 0 Å². The monoisotopic (exact) mass is 425 g/mol. The van der Waals surface area contributed by atoms with Crippen LogP contribution in [0.2, 0.25) is 0 Å². The van der Waals surface area contributed by atoms with Gasteiger partial charge in [0, 0.05) is 25.0 Å². The van der Waals surface area contributed by atoms with Gasteiger partial charge in [0.2, 0.25) is 0 Å². The maximum absolute atomic E-state index is 13.6. The van der Waals surface area contributed by atoms with Crippen LogP contribution in [0.5, 0.6) is 11.8 Å². The van der Waals surface area contributed by atoms with Gasteiger partial charge in [-0.2, -0.15) is 18.2 Å². The molecule has 0 saturated carbocycles. The van der Waals surface area contributed by atoms with E-state index in [1.165, 1.54) is 11.9 Å². The number of halogens is 3. The number of aromatic nitrogens is 2. The highest BCUT2D eigenvalue weighted by Crippen LogP contribution is 2.38. The third-order valence-electron chi connectivity index (χ3n) is 4.24. The highest BCUT2D eigenvalue weighted by molar-refractivity contribution is 5.64. The van der Waals surface area contributed by atoms with Gasteiger partial charge in [-0.3, -0.25) is 0 Å². The van der Waals surface area contributed by atoms with E-state index >= 15 is 0 Å². The Bertz CT molecular complexity index is 820. The number of anilines is 2. The minimum atomic E-state index is -4.60. The largest absolute Gasteiger partial charge is 0.494 e. The molecule has 0 bridgehead atoms. The zero-order valence-corrected chi connectivity index (χ0v) is 18.2. The third-order valence-corrected chi connectivity index (χ3v) is 4.24. The van der Waals surface area contributed by atoms with E-state index in [1.54, 1.807) is 45.0 Å². The molecule has 0 spiro atoms. The molecule has 0 aliphatic rings. The van der Waals surface area contributed by atoms with Crippen molar-refractivity contribution in [1.29, 1.82) is 0 Å². The van der Waals surface area contributed by atoms with Crippen LogP contribution in [0.25, 0.3) is 0 Å². The maximum atomic E-state index is 13.6. The van der Waals surface area contributed by atoms with Crippen LogP contribution in [-0.4, -0.2) is 29.2 Å². The predicted octanol–water partition coefficient (Wildman–Crippen LogP) is 6.40. The van der Waals surface area contributed by atoms with E-state index in [0.29, 0.717) is 18.0 Å². The van der Waals surface area contributed by atoms with Crippen molar-refractivity contribution in [2.24, 2.45) is 0 Å². The van der Waals surface area contributed by atoms with Gasteiger partial charge in [-0.05, 0) is 39.3 Å². The lowest BCUT2D eigenvalue weighted by Gasteiger charge is -2.25. The van der Waals surface area contributed by atoms with Gasteiger partial charge in [0.15, 0.2) is 5.82 Å². The third kappa shape index (κ3) is 7.07. The normalized spacial score (nSPS) is 12.0. The van der Waals surface area contributed by atoms with Gasteiger partial charge in [0.25, 0.3) is 0 Å². The number of ether oxygens (including phenoxy) is 2. The quantitative estimate of drug-likeness (QED) is 0.435. The fourth-order valence-corrected chi connectivity index (χ4v) is 2.76. The Hall–Kier alpha value is -2.51. The number of alkyl halides is 3. The van der Waals surface area contributed by atoms with Crippen LogP contribution in [0.3, 0.4) is 0 Å². The first-order chi connectivity index (χ1) is 14.0. The molecule has 0 atom stereocenters. The molecular weight excluding hydrogens is 395 g/mol. The smallest absolute Gasteiger partial charge is 0.421 e. The second kappa shape index (κ2) is 10.00. The average Bonchev–Trinajstić information content (AvgIpc) is 2.65. The van der Waals surface area contributed by atoms with E-state index < -0.39 is 17.3 Å². The lowest BCUT2D eigenvalue weighted by Crippen LogP contribution is -2.26. The van der Waals surface area contributed by atoms with Gasteiger partial charge in [-0.15, -0.1) is 0 Å². The van der Waals surface area contributed by atoms with Crippen LogP contribution in [0.1, 0.15) is 58.9 Å². The molecule has 0 aliphatic carbocycles. The Labute approximate surface area is 176 Å². The topological polar surface area (TPSA) is 47.5 Å². The Morgan fingerprint density at radius 1 is 1.07 bits per heavy atom. The van der Waals surface area contributed by atoms with Gasteiger partial charge >= 0.3 is 12.2 Å². The van der Waals surface area contributed by atoms with Crippen molar-refractivity contribution in [3.63, 3.8) is 0 Å². The van der Waals surface area contributed by atoms with Crippen LogP contribution in [0.4, 0.5) is 24.7 Å². The summed E-state index contributed by atoms with van der Waals surface area (Å²) in [6.45, 7) is 8.04. The number of nitrogens with zero attached hydrogens (tertiary/aromatic N) is 3. The summed E-state index contributed by atoms with van der Waals surface area (Å²) in [5.41, 5.74) is -1.05. The molecule has 2 rings (SSSR count). The first-order valence-corrected chi connectivity index (χ1v) is 10.1. The first kappa shape index (κ1) is 23.8. The molecule has 166 valence electrons. The average molecular weight is 425 g/mol. The van der Waals surface area contributed by atoms with Crippen molar-refractivity contribution in [2.75, 3.05) is 18.6 Å². The lowest BCUT2D eigenvalue weighted by atomic mass is 10.2. The number of benzene rings is 1. The first-order valence-electron chi connectivity index (χ1n) is 10.1. The molecule has 0 radical (unpaired) electrons. The highest BCUT2D eigenvalue weighted by Gasteiger charge is 2.37. The number of hydrogen-bond acceptors (Lipinski definition) is 5. The van der Waals surface area contributed by atoms with Gasteiger partial charge in [0.05, 0.1) is 6.61 Å². The fraction of sp³-hybridized carbons (Fsp3) is 0.545. The summed E-state index contributed by atoms with van der Waals surface area (Å²) in [7, 11) is 1.53. The summed E-state index contributed by atoms with van der Waals surface area (Å²) in [5.74, 6) is 0.321. The Morgan fingerprint density at radius 3 is 2.43 bits per heavy atom. The van der Waals surface area contributed by atoms with Gasteiger partial charge in [-0.1, -0.05) is 32.3 Å². The van der Waals surface area contributed by atoms with Crippen LogP contribution in [0.15, 0.2) is 30.5 Å². The highest BCUT2D eigenvalue weighted by atomic mass is 19.4. The standard InChI is InChI=1S/C22H30F3N3O2/c1-6-7-8-9-13-29-17-12-10-11-16(14-17)28(5)19-18(22(23,24)25)15-26-20(27-19)30-21(2,3)4/h10-12,14-15H,6-9,13H2,1-5H3. The van der Waals surface area contributed by atoms with Crippen LogP contribution in [0, 0.1) is 0 Å². The molecule has 30 heavy (non-hydrogen) atoms. The van der Waals surface area contributed by atoms with Gasteiger partial charge in [0.1, 0.15) is 16.9 Å². The predicted molar refractivity (Wildman–Crippen MR) is 112 cm³/mol. The molecule has 0 saturated heterocycles. The Morgan fingerprint density at radius 2 is 1.80 bits per heavy atom. The van der Waals surface area contributed by atoms with Crippen molar-refractivity contribution in [2.45, 2.75) is 65.2 Å². The van der Waals surface area contributed by atoms with Gasteiger partial charge < -0.3 is 14.4 Å². The molecule has 8 heteroatoms. The maximum Gasteiger partial charge on any atom is 0.421 e. The summed E-state index contributed by atoms with van der Waals surface area (Å²) in [5, 5.41) is 0.